The van der Waals surface area contributed by atoms with Gasteiger partial charge in [-0.15, -0.1) is 0 Å². The first-order valence-electron chi connectivity index (χ1n) is 6.42. The van der Waals surface area contributed by atoms with Crippen LogP contribution in [0.15, 0.2) is 23.3 Å². The van der Waals surface area contributed by atoms with Gasteiger partial charge < -0.3 is 16.0 Å². The summed E-state index contributed by atoms with van der Waals surface area (Å²) in [5.41, 5.74) is 5.64. The van der Waals surface area contributed by atoms with Crippen molar-refractivity contribution in [2.24, 2.45) is 16.6 Å². The zero-order chi connectivity index (χ0) is 14.4. The highest BCUT2D eigenvalue weighted by Gasteiger charge is 2.60. The molecule has 0 aromatic carbocycles. The van der Waals surface area contributed by atoms with E-state index in [1.54, 1.807) is 0 Å². The highest BCUT2D eigenvalue weighted by Crippen LogP contribution is 2.52. The molecule has 1 heterocycles. The third-order valence-corrected chi connectivity index (χ3v) is 4.44. The van der Waals surface area contributed by atoms with Crippen molar-refractivity contribution in [1.29, 1.82) is 0 Å². The first-order valence-corrected chi connectivity index (χ1v) is 6.42. The van der Waals surface area contributed by atoms with E-state index in [1.807, 2.05) is 27.7 Å². The Morgan fingerprint density at radius 1 is 1.32 bits per heavy atom. The number of carbonyl (C=O) groups is 1. The molecular formula is C14H21N3O2. The van der Waals surface area contributed by atoms with Crippen molar-refractivity contribution in [3.8, 4) is 0 Å². The van der Waals surface area contributed by atoms with E-state index in [1.165, 1.54) is 18.5 Å². The molecule has 0 bridgehead atoms. The number of hydrogen-bond acceptors (Lipinski definition) is 3. The second kappa shape index (κ2) is 4.20. The van der Waals surface area contributed by atoms with Crippen LogP contribution in [0.5, 0.6) is 0 Å². The van der Waals surface area contributed by atoms with Gasteiger partial charge in [0.15, 0.2) is 5.43 Å². The number of nitrogens with one attached hydrogen (secondary N) is 2. The van der Waals surface area contributed by atoms with E-state index in [-0.39, 0.29) is 39.8 Å². The lowest BCUT2D eigenvalue weighted by Gasteiger charge is -2.62. The van der Waals surface area contributed by atoms with Crippen LogP contribution in [0.2, 0.25) is 0 Å². The molecule has 19 heavy (non-hydrogen) atoms. The number of amides is 1. The maximum atomic E-state index is 12.2. The molecule has 0 saturated heterocycles. The summed E-state index contributed by atoms with van der Waals surface area (Å²) in [7, 11) is 0. The minimum absolute atomic E-state index is 0.0133. The Labute approximate surface area is 112 Å². The highest BCUT2D eigenvalue weighted by atomic mass is 16.2. The Morgan fingerprint density at radius 3 is 2.42 bits per heavy atom. The van der Waals surface area contributed by atoms with Gasteiger partial charge in [-0.1, -0.05) is 27.7 Å². The fourth-order valence-corrected chi connectivity index (χ4v) is 3.35. The molecule has 1 amide bonds. The summed E-state index contributed by atoms with van der Waals surface area (Å²) in [5.74, 6) is -0.347. The lowest BCUT2D eigenvalue weighted by molar-refractivity contribution is -0.0663. The van der Waals surface area contributed by atoms with Crippen molar-refractivity contribution in [3.05, 3.63) is 34.2 Å². The average Bonchev–Trinajstić information content (AvgIpc) is 2.34. The topological polar surface area (TPSA) is 88.0 Å². The molecule has 0 unspecified atom stereocenters. The first kappa shape index (κ1) is 13.8. The highest BCUT2D eigenvalue weighted by molar-refractivity contribution is 5.94. The minimum atomic E-state index is -0.347. The van der Waals surface area contributed by atoms with E-state index in [0.717, 1.165) is 0 Å². The molecule has 104 valence electrons. The van der Waals surface area contributed by atoms with Crippen molar-refractivity contribution in [2.75, 3.05) is 0 Å². The summed E-state index contributed by atoms with van der Waals surface area (Å²) in [6.07, 6.45) is 2.93. The van der Waals surface area contributed by atoms with E-state index in [9.17, 15) is 9.59 Å². The quantitative estimate of drug-likeness (QED) is 0.739. The third-order valence-electron chi connectivity index (χ3n) is 4.44. The molecule has 5 heteroatoms. The van der Waals surface area contributed by atoms with E-state index < -0.39 is 0 Å². The average molecular weight is 263 g/mol. The molecule has 4 N–H and O–H groups in total. The molecule has 1 saturated carbocycles. The van der Waals surface area contributed by atoms with Crippen LogP contribution in [0.4, 0.5) is 0 Å². The number of nitrogens with two attached hydrogens (primary N) is 1. The predicted octanol–water partition coefficient (Wildman–Crippen LogP) is 0.867. The molecule has 0 atom stereocenters. The van der Waals surface area contributed by atoms with E-state index in [4.69, 9.17) is 5.73 Å². The maximum absolute atomic E-state index is 12.2. The number of carbonyl (C=O) groups excluding carboxylic acids is 1. The van der Waals surface area contributed by atoms with Gasteiger partial charge in [0.25, 0.3) is 5.91 Å². The molecule has 1 aliphatic rings. The van der Waals surface area contributed by atoms with Gasteiger partial charge in [0.1, 0.15) is 5.56 Å². The molecule has 0 radical (unpaired) electrons. The smallest absolute Gasteiger partial charge is 0.256 e. The number of hydrogen-bond donors (Lipinski definition) is 3. The summed E-state index contributed by atoms with van der Waals surface area (Å²) >= 11 is 0. The van der Waals surface area contributed by atoms with Crippen LogP contribution in [0.3, 0.4) is 0 Å². The first-order chi connectivity index (χ1) is 8.69. The Morgan fingerprint density at radius 2 is 1.89 bits per heavy atom. The summed E-state index contributed by atoms with van der Waals surface area (Å²) < 4.78 is 0. The lowest BCUT2D eigenvalue weighted by atomic mass is 9.48. The van der Waals surface area contributed by atoms with Crippen LogP contribution in [0, 0.1) is 10.8 Å². The van der Waals surface area contributed by atoms with Crippen molar-refractivity contribution < 1.29 is 4.79 Å². The third kappa shape index (κ3) is 1.98. The summed E-state index contributed by atoms with van der Waals surface area (Å²) in [6.45, 7) is 8.12. The van der Waals surface area contributed by atoms with Crippen LogP contribution in [0.25, 0.3) is 0 Å². The van der Waals surface area contributed by atoms with Crippen LogP contribution in [0.1, 0.15) is 38.1 Å². The number of pyridine rings is 1. The number of aromatic amines is 1. The molecule has 2 rings (SSSR count). The normalized spacial score (nSPS) is 27.4. The van der Waals surface area contributed by atoms with Crippen LogP contribution in [-0.4, -0.2) is 23.0 Å². The van der Waals surface area contributed by atoms with Gasteiger partial charge in [-0.25, -0.2) is 0 Å². The maximum Gasteiger partial charge on any atom is 0.256 e. The minimum Gasteiger partial charge on any atom is -0.367 e. The number of aromatic nitrogens is 1. The molecule has 0 spiro atoms. The molecule has 0 aliphatic heterocycles. The SMILES string of the molecule is CC1(C)C(N)C(C)(C)C1NC(=O)c1c[nH]ccc1=O. The van der Waals surface area contributed by atoms with Crippen LogP contribution >= 0.6 is 0 Å². The Bertz CT molecular complexity index is 544. The fourth-order valence-electron chi connectivity index (χ4n) is 3.35. The molecular weight excluding hydrogens is 242 g/mol. The van der Waals surface area contributed by atoms with Crippen LogP contribution in [-0.2, 0) is 0 Å². The van der Waals surface area contributed by atoms with Gasteiger partial charge in [0.05, 0.1) is 0 Å². The lowest BCUT2D eigenvalue weighted by Crippen LogP contribution is -2.76. The van der Waals surface area contributed by atoms with Gasteiger partial charge in [-0.3, -0.25) is 9.59 Å². The van der Waals surface area contributed by atoms with Crippen molar-refractivity contribution in [1.82, 2.24) is 10.3 Å². The molecule has 1 aliphatic carbocycles. The zero-order valence-corrected chi connectivity index (χ0v) is 11.8. The Balaban J connectivity index is 2.21. The van der Waals surface area contributed by atoms with E-state index in [0.29, 0.717) is 0 Å². The standard InChI is InChI=1S/C14H21N3O2/c1-13(2)11(15)14(3,4)12(13)17-10(19)8-7-16-6-5-9(8)18/h5-7,11-12H,15H2,1-4H3,(H,16,18)(H,17,19). The second-order valence-corrected chi connectivity index (χ2v) is 6.45. The van der Waals surface area contributed by atoms with Crippen molar-refractivity contribution in [2.45, 2.75) is 39.8 Å². The van der Waals surface area contributed by atoms with Crippen molar-refractivity contribution in [3.63, 3.8) is 0 Å². The van der Waals surface area contributed by atoms with Gasteiger partial charge in [-0.05, 0) is 0 Å². The monoisotopic (exact) mass is 263 g/mol. The molecule has 1 aromatic heterocycles. The van der Waals surface area contributed by atoms with Crippen molar-refractivity contribution >= 4 is 5.91 Å². The van der Waals surface area contributed by atoms with E-state index in [2.05, 4.69) is 10.3 Å². The number of rotatable bonds is 2. The Kier molecular flexibility index (Phi) is 3.05. The summed E-state index contributed by atoms with van der Waals surface area (Å²) in [5, 5.41) is 2.95. The number of H-pyrrole nitrogens is 1. The van der Waals surface area contributed by atoms with Crippen LogP contribution < -0.4 is 16.5 Å². The van der Waals surface area contributed by atoms with Gasteiger partial charge in [0.2, 0.25) is 0 Å². The van der Waals surface area contributed by atoms with E-state index >= 15 is 0 Å². The molecule has 1 fully saturated rings. The summed E-state index contributed by atoms with van der Waals surface area (Å²) in [6, 6.07) is 1.30. The van der Waals surface area contributed by atoms with Gasteiger partial charge in [0, 0.05) is 41.4 Å². The second-order valence-electron chi connectivity index (χ2n) is 6.45. The predicted molar refractivity (Wildman–Crippen MR) is 73.9 cm³/mol. The summed E-state index contributed by atoms with van der Waals surface area (Å²) in [4.78, 5) is 26.6. The Hall–Kier alpha value is -1.62. The largest absolute Gasteiger partial charge is 0.367 e. The van der Waals surface area contributed by atoms with Gasteiger partial charge >= 0.3 is 0 Å². The fraction of sp³-hybridized carbons (Fsp3) is 0.571. The zero-order valence-electron chi connectivity index (χ0n) is 11.8. The molecule has 1 aromatic rings. The van der Waals surface area contributed by atoms with Gasteiger partial charge in [-0.2, -0.15) is 0 Å². The molecule has 5 nitrogen and oxygen atoms in total.